The third kappa shape index (κ3) is 1.64. The van der Waals surface area contributed by atoms with Gasteiger partial charge in [-0.2, -0.15) is 0 Å². The number of phenols is 1. The van der Waals surface area contributed by atoms with E-state index in [0.29, 0.717) is 6.61 Å². The van der Waals surface area contributed by atoms with Crippen molar-refractivity contribution < 1.29 is 14.2 Å². The molecule has 1 N–H and O–H groups in total. The number of rotatable bonds is 1. The summed E-state index contributed by atoms with van der Waals surface area (Å²) in [6.45, 7) is 0.674. The summed E-state index contributed by atoms with van der Waals surface area (Å²) in [5.41, 5.74) is 2.74. The van der Waals surface area contributed by atoms with E-state index < -0.39 is 5.82 Å². The van der Waals surface area contributed by atoms with Gasteiger partial charge >= 0.3 is 0 Å². The summed E-state index contributed by atoms with van der Waals surface area (Å²) in [4.78, 5) is 0. The summed E-state index contributed by atoms with van der Waals surface area (Å²) in [6.07, 6.45) is 0.893. The Labute approximate surface area is 98.3 Å². The molecular formula is C14H11FO2. The smallest absolute Gasteiger partial charge is 0.165 e. The fourth-order valence-electron chi connectivity index (χ4n) is 2.12. The van der Waals surface area contributed by atoms with Crippen molar-refractivity contribution in [2.24, 2.45) is 0 Å². The first kappa shape index (κ1) is 10.1. The van der Waals surface area contributed by atoms with Crippen LogP contribution in [0.15, 0.2) is 36.4 Å². The third-order valence-corrected chi connectivity index (χ3v) is 2.97. The SMILES string of the molecule is Oc1ccc(-c2cccc3c2OCC3)cc1F. The van der Waals surface area contributed by atoms with Crippen LogP contribution in [0.3, 0.4) is 0 Å². The highest BCUT2D eigenvalue weighted by Crippen LogP contribution is 2.37. The molecule has 0 amide bonds. The number of fused-ring (bicyclic) bond motifs is 1. The van der Waals surface area contributed by atoms with Gasteiger partial charge in [-0.1, -0.05) is 24.3 Å². The van der Waals surface area contributed by atoms with E-state index in [2.05, 4.69) is 0 Å². The Bertz CT molecular complexity index is 578. The van der Waals surface area contributed by atoms with Gasteiger partial charge in [0.05, 0.1) is 6.61 Å². The Morgan fingerprint density at radius 3 is 2.88 bits per heavy atom. The first-order valence-electron chi connectivity index (χ1n) is 5.49. The summed E-state index contributed by atoms with van der Waals surface area (Å²) in [5.74, 6) is -0.113. The molecule has 0 unspecified atom stereocenters. The molecule has 0 saturated heterocycles. The highest BCUT2D eigenvalue weighted by molar-refractivity contribution is 5.73. The van der Waals surface area contributed by atoms with E-state index in [4.69, 9.17) is 4.74 Å². The van der Waals surface area contributed by atoms with Crippen molar-refractivity contribution in [2.45, 2.75) is 6.42 Å². The van der Waals surface area contributed by atoms with Crippen LogP contribution in [0.5, 0.6) is 11.5 Å². The van der Waals surface area contributed by atoms with Crippen LogP contribution >= 0.6 is 0 Å². The van der Waals surface area contributed by atoms with Crippen LogP contribution in [-0.2, 0) is 6.42 Å². The second kappa shape index (κ2) is 3.77. The van der Waals surface area contributed by atoms with Gasteiger partial charge in [0.2, 0.25) is 0 Å². The van der Waals surface area contributed by atoms with Gasteiger partial charge in [0.25, 0.3) is 0 Å². The summed E-state index contributed by atoms with van der Waals surface area (Å²) in [6, 6.07) is 10.2. The molecule has 0 aromatic heterocycles. The Morgan fingerprint density at radius 1 is 1.18 bits per heavy atom. The Hall–Kier alpha value is -2.03. The fraction of sp³-hybridized carbons (Fsp3) is 0.143. The van der Waals surface area contributed by atoms with E-state index in [1.165, 1.54) is 12.1 Å². The molecule has 86 valence electrons. The minimum Gasteiger partial charge on any atom is -0.505 e. The van der Waals surface area contributed by atoms with Crippen LogP contribution in [0.2, 0.25) is 0 Å². The molecule has 3 rings (SSSR count). The lowest BCUT2D eigenvalue weighted by Crippen LogP contribution is -1.89. The second-order valence-electron chi connectivity index (χ2n) is 4.06. The highest BCUT2D eigenvalue weighted by atomic mass is 19.1. The second-order valence-corrected chi connectivity index (χ2v) is 4.06. The van der Waals surface area contributed by atoms with Crippen LogP contribution in [0.25, 0.3) is 11.1 Å². The molecule has 0 fully saturated rings. The largest absolute Gasteiger partial charge is 0.505 e. The van der Waals surface area contributed by atoms with E-state index in [0.717, 1.165) is 28.9 Å². The number of ether oxygens (including phenoxy) is 1. The molecule has 3 heteroatoms. The zero-order valence-electron chi connectivity index (χ0n) is 9.11. The summed E-state index contributed by atoms with van der Waals surface area (Å²) in [5, 5.41) is 9.18. The standard InChI is InChI=1S/C14H11FO2/c15-12-8-10(4-5-13(12)16)11-3-1-2-9-6-7-17-14(9)11/h1-5,8,16H,6-7H2. The molecule has 0 atom stereocenters. The maximum Gasteiger partial charge on any atom is 0.165 e. The van der Waals surface area contributed by atoms with Crippen molar-refractivity contribution in [2.75, 3.05) is 6.61 Å². The first-order valence-corrected chi connectivity index (χ1v) is 5.49. The normalized spacial score (nSPS) is 13.2. The van der Waals surface area contributed by atoms with Gasteiger partial charge in [-0.05, 0) is 23.3 Å². The molecular weight excluding hydrogens is 219 g/mol. The van der Waals surface area contributed by atoms with Gasteiger partial charge in [0.15, 0.2) is 11.6 Å². The minimum absolute atomic E-state index is 0.331. The number of para-hydroxylation sites is 1. The Morgan fingerprint density at radius 2 is 2.06 bits per heavy atom. The average molecular weight is 230 g/mol. The molecule has 0 radical (unpaired) electrons. The van der Waals surface area contributed by atoms with Crippen LogP contribution in [0.1, 0.15) is 5.56 Å². The van der Waals surface area contributed by atoms with Gasteiger partial charge < -0.3 is 9.84 Å². The molecule has 17 heavy (non-hydrogen) atoms. The maximum absolute atomic E-state index is 13.3. The molecule has 0 saturated carbocycles. The predicted octanol–water partition coefficient (Wildman–Crippen LogP) is 3.13. The predicted molar refractivity (Wildman–Crippen MR) is 62.7 cm³/mol. The number of hydrogen-bond acceptors (Lipinski definition) is 2. The molecule has 0 spiro atoms. The number of phenolic OH excluding ortho intramolecular Hbond substituents is 1. The fourth-order valence-corrected chi connectivity index (χ4v) is 2.12. The minimum atomic E-state index is -0.613. The molecule has 2 aromatic carbocycles. The first-order chi connectivity index (χ1) is 8.25. The molecule has 2 nitrogen and oxygen atoms in total. The Kier molecular flexibility index (Phi) is 2.25. The average Bonchev–Trinajstić information content (AvgIpc) is 2.80. The van der Waals surface area contributed by atoms with Crippen LogP contribution in [-0.4, -0.2) is 11.7 Å². The zero-order valence-corrected chi connectivity index (χ0v) is 9.11. The van der Waals surface area contributed by atoms with Gasteiger partial charge in [0.1, 0.15) is 5.75 Å². The monoisotopic (exact) mass is 230 g/mol. The molecule has 1 aliphatic heterocycles. The number of aromatic hydroxyl groups is 1. The summed E-state index contributed by atoms with van der Waals surface area (Å²) < 4.78 is 18.9. The number of halogens is 1. The zero-order chi connectivity index (χ0) is 11.8. The van der Waals surface area contributed by atoms with E-state index in [1.807, 2.05) is 18.2 Å². The van der Waals surface area contributed by atoms with E-state index >= 15 is 0 Å². The lowest BCUT2D eigenvalue weighted by Gasteiger charge is -2.08. The van der Waals surface area contributed by atoms with Crippen LogP contribution in [0, 0.1) is 5.82 Å². The van der Waals surface area contributed by atoms with Gasteiger partial charge in [0, 0.05) is 12.0 Å². The van der Waals surface area contributed by atoms with Crippen molar-refractivity contribution in [1.29, 1.82) is 0 Å². The Balaban J connectivity index is 2.15. The van der Waals surface area contributed by atoms with Crippen molar-refractivity contribution in [3.63, 3.8) is 0 Å². The molecule has 2 aromatic rings. The summed E-state index contributed by atoms with van der Waals surface area (Å²) >= 11 is 0. The van der Waals surface area contributed by atoms with Gasteiger partial charge in [-0.15, -0.1) is 0 Å². The molecule has 0 aliphatic carbocycles. The van der Waals surface area contributed by atoms with Gasteiger partial charge in [-0.3, -0.25) is 0 Å². The van der Waals surface area contributed by atoms with Crippen molar-refractivity contribution in [3.8, 4) is 22.6 Å². The van der Waals surface area contributed by atoms with Crippen LogP contribution in [0.4, 0.5) is 4.39 Å². The molecule has 0 bridgehead atoms. The number of hydrogen-bond donors (Lipinski definition) is 1. The van der Waals surface area contributed by atoms with E-state index in [1.54, 1.807) is 6.07 Å². The molecule has 1 heterocycles. The highest BCUT2D eigenvalue weighted by Gasteiger charge is 2.17. The quantitative estimate of drug-likeness (QED) is 0.815. The third-order valence-electron chi connectivity index (χ3n) is 2.97. The van der Waals surface area contributed by atoms with Crippen molar-refractivity contribution in [3.05, 3.63) is 47.8 Å². The van der Waals surface area contributed by atoms with Gasteiger partial charge in [-0.25, -0.2) is 4.39 Å². The summed E-state index contributed by atoms with van der Waals surface area (Å²) in [7, 11) is 0. The molecule has 1 aliphatic rings. The van der Waals surface area contributed by atoms with E-state index in [9.17, 15) is 9.50 Å². The topological polar surface area (TPSA) is 29.5 Å². The lowest BCUT2D eigenvalue weighted by atomic mass is 10.0. The number of benzene rings is 2. The van der Waals surface area contributed by atoms with Crippen molar-refractivity contribution >= 4 is 0 Å². The van der Waals surface area contributed by atoms with E-state index in [-0.39, 0.29) is 5.75 Å². The van der Waals surface area contributed by atoms with Crippen molar-refractivity contribution in [1.82, 2.24) is 0 Å². The van der Waals surface area contributed by atoms with Crippen LogP contribution < -0.4 is 4.74 Å². The maximum atomic E-state index is 13.3. The lowest BCUT2D eigenvalue weighted by molar-refractivity contribution is 0.358.